The van der Waals surface area contributed by atoms with Gasteiger partial charge >= 0.3 is 0 Å². The van der Waals surface area contributed by atoms with Crippen molar-refractivity contribution in [3.63, 3.8) is 0 Å². The van der Waals surface area contributed by atoms with E-state index in [1.807, 2.05) is 0 Å². The first-order valence-corrected chi connectivity index (χ1v) is 13.4. The maximum atomic E-state index is 12.0. The Morgan fingerprint density at radius 1 is 0.806 bits per heavy atom. The van der Waals surface area contributed by atoms with Gasteiger partial charge in [-0.25, -0.2) is 0 Å². The average Bonchev–Trinajstić information content (AvgIpc) is 2.70. The van der Waals surface area contributed by atoms with Crippen molar-refractivity contribution in [2.75, 3.05) is 5.32 Å². The van der Waals surface area contributed by atoms with E-state index in [9.17, 15) is 44.3 Å². The Morgan fingerprint density at radius 3 is 1.83 bits per heavy atom. The Labute approximate surface area is 226 Å². The molecule has 187 valence electrons. The van der Waals surface area contributed by atoms with Crippen molar-refractivity contribution in [2.24, 2.45) is 10.2 Å². The molecule has 0 aliphatic carbocycles. The third kappa shape index (κ3) is 6.64. The number of hydrogen-bond donors (Lipinski definition) is 5. The molecule has 0 aromatic heterocycles. The molecule has 0 unspecified atom stereocenters. The summed E-state index contributed by atoms with van der Waals surface area (Å²) < 4.78 is 97.5. The molecule has 3 rings (SSSR count). The summed E-state index contributed by atoms with van der Waals surface area (Å²) in [6.07, 6.45) is 0. The van der Waals surface area contributed by atoms with E-state index in [0.717, 1.165) is 49.4 Å². The number of phenols is 1. The molecule has 1 radical (unpaired) electrons. The standard InChI is InChI=1S/C18H15N3O11S3.Na/c1-9(22)19-14-8-13(34(27,28)29)6-10-7-15(35(30,31)32)17(18(23)16(10)14)21-20-11-2-4-12(5-3-11)33(24,25)26;/h2-8,23H,1H3,(H,19,22)(H,24,25,26)(H,27,28,29)(H,30,31,32);. The van der Waals surface area contributed by atoms with Crippen molar-refractivity contribution in [2.45, 2.75) is 21.6 Å². The van der Waals surface area contributed by atoms with Crippen LogP contribution in [0.1, 0.15) is 6.92 Å². The Bertz CT molecular complexity index is 1720. The molecule has 1 amide bonds. The van der Waals surface area contributed by atoms with Crippen molar-refractivity contribution in [3.8, 4) is 5.75 Å². The minimum Gasteiger partial charge on any atom is -0.505 e. The largest absolute Gasteiger partial charge is 0.505 e. The smallest absolute Gasteiger partial charge is 0.296 e. The number of benzene rings is 3. The number of nitrogens with one attached hydrogen (secondary N) is 1. The van der Waals surface area contributed by atoms with Crippen LogP contribution < -0.4 is 5.32 Å². The Balaban J connectivity index is 0.00000456. The summed E-state index contributed by atoms with van der Waals surface area (Å²) in [5.74, 6) is -1.64. The van der Waals surface area contributed by atoms with E-state index in [4.69, 9.17) is 4.55 Å². The zero-order chi connectivity index (χ0) is 26.3. The fourth-order valence-corrected chi connectivity index (χ4v) is 4.66. The summed E-state index contributed by atoms with van der Waals surface area (Å²) in [5, 5.41) is 19.7. The van der Waals surface area contributed by atoms with Gasteiger partial charge in [-0.2, -0.15) is 30.4 Å². The molecule has 0 aliphatic rings. The quantitative estimate of drug-likeness (QED) is 0.164. The number of phenolic OH excluding ortho intramolecular Hbond substituents is 1. The van der Waals surface area contributed by atoms with Gasteiger partial charge in [-0.05, 0) is 47.9 Å². The van der Waals surface area contributed by atoms with E-state index < -0.39 is 62.4 Å². The number of hydrogen-bond acceptors (Lipinski definition) is 10. The van der Waals surface area contributed by atoms with Crippen LogP contribution in [0.3, 0.4) is 0 Å². The first-order chi connectivity index (χ1) is 16.0. The summed E-state index contributed by atoms with van der Waals surface area (Å²) in [7, 11) is -14.4. The van der Waals surface area contributed by atoms with Gasteiger partial charge in [-0.15, -0.1) is 5.11 Å². The third-order valence-electron chi connectivity index (χ3n) is 4.41. The topological polar surface area (TPSA) is 237 Å². The number of carbonyl (C=O) groups is 1. The molecule has 3 aromatic rings. The van der Waals surface area contributed by atoms with E-state index in [2.05, 4.69) is 15.5 Å². The molecule has 0 heterocycles. The molecule has 5 N–H and O–H groups in total. The fraction of sp³-hybridized carbons (Fsp3) is 0.0556. The van der Waals surface area contributed by atoms with Crippen LogP contribution in [-0.2, 0) is 35.1 Å². The number of anilines is 1. The van der Waals surface area contributed by atoms with E-state index in [0.29, 0.717) is 0 Å². The predicted octanol–water partition coefficient (Wildman–Crippen LogP) is 2.28. The van der Waals surface area contributed by atoms with E-state index >= 15 is 0 Å². The van der Waals surface area contributed by atoms with Crippen molar-refractivity contribution < 1.29 is 48.8 Å². The SMILES string of the molecule is CC(=O)Nc1cc(S(=O)(=O)O)cc2cc(S(=O)(=O)O)c(N=Nc3ccc(S(=O)(=O)O)cc3)c(O)c12.[Na]. The zero-order valence-electron chi connectivity index (χ0n) is 18.3. The number of amides is 1. The summed E-state index contributed by atoms with van der Waals surface area (Å²) in [6.45, 7) is 1.06. The molecule has 0 aliphatic heterocycles. The van der Waals surface area contributed by atoms with Gasteiger partial charge in [0, 0.05) is 41.9 Å². The summed E-state index contributed by atoms with van der Waals surface area (Å²) in [4.78, 5) is 9.40. The van der Waals surface area contributed by atoms with Crippen molar-refractivity contribution in [1.29, 1.82) is 0 Å². The molecule has 0 fully saturated rings. The number of rotatable bonds is 6. The molecule has 0 atom stereocenters. The number of aromatic hydroxyl groups is 1. The molecule has 3 aromatic carbocycles. The second kappa shape index (κ2) is 10.5. The second-order valence-corrected chi connectivity index (χ2v) is 11.2. The summed E-state index contributed by atoms with van der Waals surface area (Å²) in [5.41, 5.74) is -1.19. The molecular formula is C18H15N3NaO11S3. The number of carbonyl (C=O) groups excluding carboxylic acids is 1. The van der Waals surface area contributed by atoms with Gasteiger partial charge in [0.05, 0.1) is 21.2 Å². The Hall–Kier alpha value is -2.48. The van der Waals surface area contributed by atoms with Crippen LogP contribution >= 0.6 is 0 Å². The monoisotopic (exact) mass is 568 g/mol. The zero-order valence-corrected chi connectivity index (χ0v) is 22.8. The first kappa shape index (κ1) is 29.7. The Kier molecular flexibility index (Phi) is 8.66. The maximum Gasteiger partial charge on any atom is 0.296 e. The second-order valence-electron chi connectivity index (χ2n) is 6.94. The third-order valence-corrected chi connectivity index (χ3v) is 6.98. The maximum absolute atomic E-state index is 12.0. The molecule has 0 saturated carbocycles. The average molecular weight is 569 g/mol. The molecule has 18 heteroatoms. The minimum absolute atomic E-state index is 0. The first-order valence-electron chi connectivity index (χ1n) is 9.04. The van der Waals surface area contributed by atoms with Gasteiger partial charge in [-0.3, -0.25) is 18.5 Å². The molecular weight excluding hydrogens is 553 g/mol. The fourth-order valence-electron chi connectivity index (χ4n) is 2.98. The van der Waals surface area contributed by atoms with Crippen LogP contribution in [0.4, 0.5) is 17.1 Å². The van der Waals surface area contributed by atoms with Crippen LogP contribution in [0, 0.1) is 0 Å². The van der Waals surface area contributed by atoms with Gasteiger partial charge in [0.2, 0.25) is 5.91 Å². The van der Waals surface area contributed by atoms with E-state index in [1.54, 1.807) is 0 Å². The minimum atomic E-state index is -5.09. The van der Waals surface area contributed by atoms with Crippen LogP contribution in [-0.4, -0.2) is 79.5 Å². The number of nitrogens with zero attached hydrogens (tertiary/aromatic N) is 2. The van der Waals surface area contributed by atoms with Gasteiger partial charge in [0.25, 0.3) is 30.4 Å². The van der Waals surface area contributed by atoms with Gasteiger partial charge in [0.1, 0.15) is 10.6 Å². The van der Waals surface area contributed by atoms with Gasteiger partial charge < -0.3 is 10.4 Å². The summed E-state index contributed by atoms with van der Waals surface area (Å²) in [6, 6.07) is 6.47. The van der Waals surface area contributed by atoms with Crippen LogP contribution in [0.2, 0.25) is 0 Å². The predicted molar refractivity (Wildman–Crippen MR) is 126 cm³/mol. The van der Waals surface area contributed by atoms with E-state index in [1.165, 1.54) is 0 Å². The molecule has 14 nitrogen and oxygen atoms in total. The van der Waals surface area contributed by atoms with Crippen molar-refractivity contribution >= 4 is 93.7 Å². The molecule has 0 bridgehead atoms. The molecule has 0 spiro atoms. The number of azo groups is 1. The normalized spacial score (nSPS) is 12.4. The van der Waals surface area contributed by atoms with Gasteiger partial charge in [0.15, 0.2) is 5.75 Å². The van der Waals surface area contributed by atoms with Crippen LogP contribution in [0.25, 0.3) is 10.8 Å². The van der Waals surface area contributed by atoms with E-state index in [-0.39, 0.29) is 51.7 Å². The van der Waals surface area contributed by atoms with Crippen molar-refractivity contribution in [1.82, 2.24) is 0 Å². The Morgan fingerprint density at radius 2 is 1.36 bits per heavy atom. The van der Waals surface area contributed by atoms with Crippen LogP contribution in [0.15, 0.2) is 67.4 Å². The van der Waals surface area contributed by atoms with Gasteiger partial charge in [-0.1, -0.05) is 0 Å². The molecule has 0 saturated heterocycles. The molecule has 36 heavy (non-hydrogen) atoms. The number of fused-ring (bicyclic) bond motifs is 1. The van der Waals surface area contributed by atoms with Crippen molar-refractivity contribution in [3.05, 3.63) is 42.5 Å². The summed E-state index contributed by atoms with van der Waals surface area (Å²) >= 11 is 0. The van der Waals surface area contributed by atoms with Crippen LogP contribution in [0.5, 0.6) is 5.75 Å².